The normalized spacial score (nSPS) is 19.9. The maximum absolute atomic E-state index is 12.4. The molecule has 3 aromatic rings. The largest absolute Gasteiger partial charge is 0.495 e. The van der Waals surface area contributed by atoms with Crippen LogP contribution in [0.3, 0.4) is 0 Å². The summed E-state index contributed by atoms with van der Waals surface area (Å²) >= 11 is 0. The van der Waals surface area contributed by atoms with Crippen LogP contribution in [-0.2, 0) is 9.53 Å². The molecule has 2 N–H and O–H groups in total. The minimum absolute atomic E-state index is 0.102. The van der Waals surface area contributed by atoms with Gasteiger partial charge in [0.25, 0.3) is 0 Å². The molecule has 1 atom stereocenters. The number of nitrogens with one attached hydrogen (secondary N) is 1. The molecule has 212 valence electrons. The van der Waals surface area contributed by atoms with Crippen LogP contribution in [0.15, 0.2) is 48.7 Å². The van der Waals surface area contributed by atoms with Crippen molar-refractivity contribution in [3.05, 3.63) is 54.2 Å². The van der Waals surface area contributed by atoms with Crippen LogP contribution in [0, 0.1) is 11.3 Å². The van der Waals surface area contributed by atoms with Gasteiger partial charge in [-0.05, 0) is 42.8 Å². The molecule has 2 aromatic carbocycles. The van der Waals surface area contributed by atoms with Crippen molar-refractivity contribution in [2.75, 3.05) is 68.2 Å². The average Bonchev–Trinajstić information content (AvgIpc) is 2.98. The van der Waals surface area contributed by atoms with E-state index in [-0.39, 0.29) is 18.9 Å². The highest BCUT2D eigenvalue weighted by Gasteiger charge is 2.30. The second kappa shape index (κ2) is 11.7. The molecular weight excluding hydrogens is 522 g/mol. The lowest BCUT2D eigenvalue weighted by molar-refractivity contribution is -0.121. The fourth-order valence-electron chi connectivity index (χ4n) is 5.56. The van der Waals surface area contributed by atoms with Gasteiger partial charge in [0.15, 0.2) is 5.82 Å². The lowest BCUT2D eigenvalue weighted by Crippen LogP contribution is -2.56. The van der Waals surface area contributed by atoms with Crippen molar-refractivity contribution in [1.29, 1.82) is 5.26 Å². The third kappa shape index (κ3) is 5.67. The van der Waals surface area contributed by atoms with Crippen molar-refractivity contribution in [3.8, 4) is 23.2 Å². The number of carbonyl (C=O) groups excluding carboxylic acids is 1. The molecule has 0 aliphatic carbocycles. The van der Waals surface area contributed by atoms with Crippen molar-refractivity contribution in [3.63, 3.8) is 0 Å². The molecule has 3 fully saturated rings. The summed E-state index contributed by atoms with van der Waals surface area (Å²) in [5.41, 5.74) is 3.36. The first kappa shape index (κ1) is 27.0. The summed E-state index contributed by atoms with van der Waals surface area (Å²) in [4.78, 5) is 27.9. The van der Waals surface area contributed by atoms with Crippen LogP contribution in [0.1, 0.15) is 18.4 Å². The number of anilines is 4. The number of nitrogens with zero attached hydrogens (tertiary/aromatic N) is 6. The minimum Gasteiger partial charge on any atom is -0.495 e. The number of benzene rings is 2. The lowest BCUT2D eigenvalue weighted by Gasteiger charge is -2.43. The van der Waals surface area contributed by atoms with Crippen LogP contribution in [0.4, 0.5) is 22.9 Å². The van der Waals surface area contributed by atoms with Gasteiger partial charge in [-0.15, -0.1) is 0 Å². The van der Waals surface area contributed by atoms with Gasteiger partial charge in [-0.1, -0.05) is 0 Å². The first-order valence-electron chi connectivity index (χ1n) is 13.9. The van der Waals surface area contributed by atoms with E-state index in [1.54, 1.807) is 37.6 Å². The Morgan fingerprint density at radius 3 is 2.63 bits per heavy atom. The van der Waals surface area contributed by atoms with E-state index in [0.29, 0.717) is 40.9 Å². The first-order valence-corrected chi connectivity index (χ1v) is 13.9. The number of hydrogen-bond acceptors (Lipinski definition) is 10. The van der Waals surface area contributed by atoms with E-state index in [9.17, 15) is 15.2 Å². The third-order valence-electron chi connectivity index (χ3n) is 7.95. The molecule has 0 saturated carbocycles. The lowest BCUT2D eigenvalue weighted by atomic mass is 10.0. The van der Waals surface area contributed by atoms with Gasteiger partial charge in [0.05, 0.1) is 56.0 Å². The number of carbonyl (C=O) groups is 1. The molecule has 3 aliphatic heterocycles. The maximum atomic E-state index is 12.4. The quantitative estimate of drug-likeness (QED) is 0.449. The monoisotopic (exact) mass is 555 g/mol. The SMILES string of the molecule is COc1cc(Nc2ccnc(-c3ccc(N4C[C@H](O)CCC4=O)c(C#N)c3)n2)ccc1N1CCN(C2COC2)CC1. The van der Waals surface area contributed by atoms with Crippen LogP contribution in [0.25, 0.3) is 11.4 Å². The summed E-state index contributed by atoms with van der Waals surface area (Å²) in [6.45, 7) is 5.73. The molecule has 11 heteroatoms. The molecule has 0 bridgehead atoms. The molecule has 1 amide bonds. The summed E-state index contributed by atoms with van der Waals surface area (Å²) in [7, 11) is 1.68. The summed E-state index contributed by atoms with van der Waals surface area (Å²) in [6, 6.07) is 15.8. The molecular formula is C30H33N7O4. The number of piperidine rings is 1. The van der Waals surface area contributed by atoms with Crippen molar-refractivity contribution < 1.29 is 19.4 Å². The van der Waals surface area contributed by atoms with E-state index >= 15 is 0 Å². The predicted molar refractivity (Wildman–Crippen MR) is 154 cm³/mol. The summed E-state index contributed by atoms with van der Waals surface area (Å²) in [6.07, 6.45) is 1.75. The average molecular weight is 556 g/mol. The van der Waals surface area contributed by atoms with Crippen molar-refractivity contribution in [1.82, 2.24) is 14.9 Å². The minimum atomic E-state index is -0.601. The Hall–Kier alpha value is -4.24. The topological polar surface area (TPSA) is 127 Å². The van der Waals surface area contributed by atoms with Crippen molar-refractivity contribution >= 4 is 28.8 Å². The molecule has 0 spiro atoms. The Balaban J connectivity index is 1.17. The van der Waals surface area contributed by atoms with Crippen molar-refractivity contribution in [2.24, 2.45) is 0 Å². The number of piperazine rings is 1. The molecule has 4 heterocycles. The zero-order valence-electron chi connectivity index (χ0n) is 23.0. The number of methoxy groups -OCH3 is 1. The predicted octanol–water partition coefficient (Wildman–Crippen LogP) is 2.78. The highest BCUT2D eigenvalue weighted by molar-refractivity contribution is 5.96. The zero-order chi connectivity index (χ0) is 28.3. The van der Waals surface area contributed by atoms with Gasteiger partial charge in [0.2, 0.25) is 5.91 Å². The van der Waals surface area contributed by atoms with E-state index in [2.05, 4.69) is 37.2 Å². The van der Waals surface area contributed by atoms with E-state index in [0.717, 1.165) is 56.5 Å². The smallest absolute Gasteiger partial charge is 0.227 e. The number of β-amino-alcohol motifs (C(OH)–C–C–N with tert-alkyl or cyclic N) is 1. The summed E-state index contributed by atoms with van der Waals surface area (Å²) < 4.78 is 11.1. The Bertz CT molecular complexity index is 1460. The molecule has 0 radical (unpaired) electrons. The molecule has 6 rings (SSSR count). The number of nitriles is 1. The highest BCUT2D eigenvalue weighted by Crippen LogP contribution is 2.34. The standard InChI is InChI=1S/C30H33N7O4/c1-40-27-15-22(3-6-26(27)36-12-10-35(11-13-36)23-18-41-19-23)33-28-8-9-32-30(34-28)20-2-5-25(21(14-20)16-31)37-17-24(38)4-7-29(37)39/h2-3,5-6,8-9,14-15,23-24,38H,4,7,10-13,17-19H2,1H3,(H,32,33,34)/t24-/m1/s1. The molecule has 41 heavy (non-hydrogen) atoms. The van der Waals surface area contributed by atoms with E-state index in [1.807, 2.05) is 12.1 Å². The second-order valence-corrected chi connectivity index (χ2v) is 10.5. The van der Waals surface area contributed by atoms with Crippen molar-refractivity contribution in [2.45, 2.75) is 25.0 Å². The summed E-state index contributed by atoms with van der Waals surface area (Å²) in [5.74, 6) is 1.73. The van der Waals surface area contributed by atoms with Crippen LogP contribution >= 0.6 is 0 Å². The van der Waals surface area contributed by atoms with Crippen LogP contribution in [-0.4, -0.2) is 91.1 Å². The van der Waals surface area contributed by atoms with E-state index < -0.39 is 6.10 Å². The number of aliphatic hydroxyl groups excluding tert-OH is 1. The number of aromatic nitrogens is 2. The van der Waals surface area contributed by atoms with Gasteiger partial charge < -0.3 is 29.7 Å². The van der Waals surface area contributed by atoms with Gasteiger partial charge in [0.1, 0.15) is 17.6 Å². The number of aliphatic hydroxyl groups is 1. The molecule has 0 unspecified atom stereocenters. The fraction of sp³-hybridized carbons (Fsp3) is 0.400. The van der Waals surface area contributed by atoms with Crippen LogP contribution in [0.2, 0.25) is 0 Å². The second-order valence-electron chi connectivity index (χ2n) is 10.5. The number of hydrogen-bond donors (Lipinski definition) is 2. The Morgan fingerprint density at radius 1 is 1.10 bits per heavy atom. The molecule has 3 aliphatic rings. The Labute approximate surface area is 238 Å². The number of ether oxygens (including phenoxy) is 2. The highest BCUT2D eigenvalue weighted by atomic mass is 16.5. The van der Waals surface area contributed by atoms with Gasteiger partial charge in [-0.25, -0.2) is 9.97 Å². The fourth-order valence-corrected chi connectivity index (χ4v) is 5.56. The van der Waals surface area contributed by atoms with Gasteiger partial charge >= 0.3 is 0 Å². The third-order valence-corrected chi connectivity index (χ3v) is 7.95. The van der Waals surface area contributed by atoms with Crippen LogP contribution in [0.5, 0.6) is 5.75 Å². The molecule has 11 nitrogen and oxygen atoms in total. The molecule has 1 aromatic heterocycles. The van der Waals surface area contributed by atoms with Gasteiger partial charge in [-0.3, -0.25) is 9.69 Å². The first-order chi connectivity index (χ1) is 20.0. The Kier molecular flexibility index (Phi) is 7.69. The van der Waals surface area contributed by atoms with Crippen LogP contribution < -0.4 is 19.9 Å². The van der Waals surface area contributed by atoms with Gasteiger partial charge in [0, 0.05) is 56.1 Å². The van der Waals surface area contributed by atoms with E-state index in [1.165, 1.54) is 4.90 Å². The van der Waals surface area contributed by atoms with Gasteiger partial charge in [-0.2, -0.15) is 5.26 Å². The maximum Gasteiger partial charge on any atom is 0.227 e. The number of rotatable bonds is 7. The number of amides is 1. The summed E-state index contributed by atoms with van der Waals surface area (Å²) in [5, 5.41) is 23.2. The zero-order valence-corrected chi connectivity index (χ0v) is 23.0. The van der Waals surface area contributed by atoms with E-state index in [4.69, 9.17) is 9.47 Å². The molecule has 3 saturated heterocycles. The Morgan fingerprint density at radius 2 is 1.90 bits per heavy atom.